The third-order valence-electron chi connectivity index (χ3n) is 3.23. The van der Waals surface area contributed by atoms with E-state index in [4.69, 9.17) is 0 Å². The van der Waals surface area contributed by atoms with Gasteiger partial charge < -0.3 is 10.4 Å². The van der Waals surface area contributed by atoms with Crippen LogP contribution in [0.25, 0.3) is 0 Å². The number of rotatable bonds is 9. The molecule has 0 amide bonds. The fraction of sp³-hybridized carbons (Fsp3) is 0.625. The minimum atomic E-state index is 0.300. The van der Waals surface area contributed by atoms with Crippen LogP contribution >= 0.6 is 15.9 Å². The molecule has 0 unspecified atom stereocenters. The molecule has 1 rings (SSSR count). The van der Waals surface area contributed by atoms with E-state index in [2.05, 4.69) is 35.1 Å². The molecule has 1 aromatic carbocycles. The van der Waals surface area contributed by atoms with E-state index in [0.717, 1.165) is 23.5 Å². The lowest BCUT2D eigenvalue weighted by molar-refractivity contribution is 0.471. The lowest BCUT2D eigenvalue weighted by atomic mass is 10.0. The Labute approximate surface area is 125 Å². The summed E-state index contributed by atoms with van der Waals surface area (Å²) in [6.07, 6.45) is 6.64. The van der Waals surface area contributed by atoms with E-state index in [1.165, 1.54) is 37.7 Å². The summed E-state index contributed by atoms with van der Waals surface area (Å²) in [6.45, 7) is 6.51. The molecule has 0 spiro atoms. The van der Waals surface area contributed by atoms with Crippen LogP contribution in [0.2, 0.25) is 0 Å². The summed E-state index contributed by atoms with van der Waals surface area (Å²) in [5, 5.41) is 12.9. The molecule has 0 atom stereocenters. The first-order chi connectivity index (χ1) is 9.09. The number of hydrogen-bond donors (Lipinski definition) is 2. The highest BCUT2D eigenvalue weighted by atomic mass is 79.9. The maximum atomic E-state index is 9.41. The summed E-state index contributed by atoms with van der Waals surface area (Å²) in [5.74, 6) is 1.14. The van der Waals surface area contributed by atoms with Gasteiger partial charge in [-0.1, -0.05) is 45.6 Å². The van der Waals surface area contributed by atoms with Crippen LogP contribution in [0.5, 0.6) is 5.75 Å². The highest BCUT2D eigenvalue weighted by molar-refractivity contribution is 9.10. The Morgan fingerprint density at radius 3 is 2.58 bits per heavy atom. The van der Waals surface area contributed by atoms with E-state index in [-0.39, 0.29) is 0 Å². The van der Waals surface area contributed by atoms with Gasteiger partial charge in [0.1, 0.15) is 5.75 Å². The Morgan fingerprint density at radius 2 is 1.89 bits per heavy atom. The monoisotopic (exact) mass is 327 g/mol. The zero-order valence-electron chi connectivity index (χ0n) is 12.1. The van der Waals surface area contributed by atoms with E-state index in [0.29, 0.717) is 5.75 Å². The molecule has 0 saturated heterocycles. The molecule has 19 heavy (non-hydrogen) atoms. The predicted octanol–water partition coefficient (Wildman–Crippen LogP) is 4.85. The summed E-state index contributed by atoms with van der Waals surface area (Å²) >= 11 is 3.33. The molecule has 2 nitrogen and oxygen atoms in total. The first kappa shape index (κ1) is 16.5. The Hall–Kier alpha value is -0.540. The van der Waals surface area contributed by atoms with Crippen molar-refractivity contribution in [1.29, 1.82) is 0 Å². The topological polar surface area (TPSA) is 32.3 Å². The van der Waals surface area contributed by atoms with Crippen molar-refractivity contribution in [2.45, 2.75) is 52.5 Å². The fourth-order valence-electron chi connectivity index (χ4n) is 2.05. The van der Waals surface area contributed by atoms with Crippen molar-refractivity contribution < 1.29 is 5.11 Å². The van der Waals surface area contributed by atoms with Crippen LogP contribution in [-0.4, -0.2) is 11.7 Å². The van der Waals surface area contributed by atoms with Gasteiger partial charge in [0.05, 0.1) is 4.47 Å². The second-order valence-electron chi connectivity index (χ2n) is 5.56. The molecule has 3 heteroatoms. The van der Waals surface area contributed by atoms with Gasteiger partial charge in [-0.2, -0.15) is 0 Å². The highest BCUT2D eigenvalue weighted by Crippen LogP contribution is 2.24. The highest BCUT2D eigenvalue weighted by Gasteiger charge is 1.99. The van der Waals surface area contributed by atoms with Gasteiger partial charge >= 0.3 is 0 Å². The number of nitrogens with one attached hydrogen (secondary N) is 1. The molecule has 0 fully saturated rings. The zero-order chi connectivity index (χ0) is 14.1. The van der Waals surface area contributed by atoms with E-state index in [1.807, 2.05) is 12.1 Å². The van der Waals surface area contributed by atoms with Crippen molar-refractivity contribution in [1.82, 2.24) is 5.32 Å². The van der Waals surface area contributed by atoms with Gasteiger partial charge in [-0.15, -0.1) is 0 Å². The zero-order valence-corrected chi connectivity index (χ0v) is 13.7. The second kappa shape index (κ2) is 9.38. The summed E-state index contributed by atoms with van der Waals surface area (Å²) in [7, 11) is 0. The molecule has 2 N–H and O–H groups in total. The van der Waals surface area contributed by atoms with Crippen LogP contribution in [0, 0.1) is 5.92 Å². The summed E-state index contributed by atoms with van der Waals surface area (Å²) in [5.41, 5.74) is 1.20. The van der Waals surface area contributed by atoms with Crippen LogP contribution in [0.4, 0.5) is 0 Å². The summed E-state index contributed by atoms with van der Waals surface area (Å²) < 4.78 is 0.764. The largest absolute Gasteiger partial charge is 0.507 e. The first-order valence-corrected chi connectivity index (χ1v) is 8.07. The van der Waals surface area contributed by atoms with Crippen molar-refractivity contribution in [3.63, 3.8) is 0 Å². The molecular formula is C16H26BrNO. The predicted molar refractivity (Wildman–Crippen MR) is 85.4 cm³/mol. The SMILES string of the molecule is CC(C)CCCCCCNCc1ccc(O)c(Br)c1. The van der Waals surface area contributed by atoms with Crippen molar-refractivity contribution >= 4 is 15.9 Å². The van der Waals surface area contributed by atoms with E-state index < -0.39 is 0 Å². The Bertz CT molecular complexity index is 366. The molecule has 0 saturated carbocycles. The van der Waals surface area contributed by atoms with E-state index in [1.54, 1.807) is 6.07 Å². The van der Waals surface area contributed by atoms with Gasteiger partial charge in [0.15, 0.2) is 0 Å². The molecule has 0 radical (unpaired) electrons. The van der Waals surface area contributed by atoms with Gasteiger partial charge in [0.2, 0.25) is 0 Å². The molecular weight excluding hydrogens is 302 g/mol. The van der Waals surface area contributed by atoms with Crippen molar-refractivity contribution in [2.24, 2.45) is 5.92 Å². The average molecular weight is 328 g/mol. The Balaban J connectivity index is 2.03. The minimum Gasteiger partial charge on any atom is -0.507 e. The van der Waals surface area contributed by atoms with Crippen molar-refractivity contribution in [3.8, 4) is 5.75 Å². The van der Waals surface area contributed by atoms with Crippen LogP contribution < -0.4 is 5.32 Å². The van der Waals surface area contributed by atoms with Gasteiger partial charge in [0.25, 0.3) is 0 Å². The lowest BCUT2D eigenvalue weighted by Crippen LogP contribution is -2.14. The van der Waals surface area contributed by atoms with Crippen LogP contribution in [-0.2, 0) is 6.54 Å². The summed E-state index contributed by atoms with van der Waals surface area (Å²) in [4.78, 5) is 0. The maximum Gasteiger partial charge on any atom is 0.129 e. The maximum absolute atomic E-state index is 9.41. The van der Waals surface area contributed by atoms with Crippen molar-refractivity contribution in [2.75, 3.05) is 6.54 Å². The first-order valence-electron chi connectivity index (χ1n) is 7.27. The smallest absolute Gasteiger partial charge is 0.129 e. The number of hydrogen-bond acceptors (Lipinski definition) is 2. The van der Waals surface area contributed by atoms with E-state index >= 15 is 0 Å². The molecule has 1 aromatic rings. The fourth-order valence-corrected chi connectivity index (χ4v) is 2.48. The number of unbranched alkanes of at least 4 members (excludes halogenated alkanes) is 3. The van der Waals surface area contributed by atoms with Crippen LogP contribution in [0.3, 0.4) is 0 Å². The second-order valence-corrected chi connectivity index (χ2v) is 6.41. The molecule has 0 aliphatic heterocycles. The van der Waals surface area contributed by atoms with Crippen LogP contribution in [0.1, 0.15) is 51.5 Å². The van der Waals surface area contributed by atoms with Crippen LogP contribution in [0.15, 0.2) is 22.7 Å². The number of phenolic OH excluding ortho intramolecular Hbond substituents is 1. The molecule has 0 aliphatic carbocycles. The Morgan fingerprint density at radius 1 is 1.16 bits per heavy atom. The number of halogens is 1. The quantitative estimate of drug-likeness (QED) is 0.635. The van der Waals surface area contributed by atoms with Gasteiger partial charge in [-0.25, -0.2) is 0 Å². The number of aromatic hydroxyl groups is 1. The molecule has 0 bridgehead atoms. The third-order valence-corrected chi connectivity index (χ3v) is 3.86. The standard InChI is InChI=1S/C16H26BrNO/c1-13(2)7-5-3-4-6-10-18-12-14-8-9-16(19)15(17)11-14/h8-9,11,13,18-19H,3-7,10,12H2,1-2H3. The van der Waals surface area contributed by atoms with Gasteiger partial charge in [-0.05, 0) is 52.5 Å². The minimum absolute atomic E-state index is 0.300. The number of phenols is 1. The number of benzene rings is 1. The molecule has 0 aliphatic rings. The molecule has 0 aromatic heterocycles. The third kappa shape index (κ3) is 7.58. The average Bonchev–Trinajstić information content (AvgIpc) is 2.36. The molecule has 108 valence electrons. The van der Waals surface area contributed by atoms with Crippen molar-refractivity contribution in [3.05, 3.63) is 28.2 Å². The molecule has 0 heterocycles. The normalized spacial score (nSPS) is 11.2. The summed E-state index contributed by atoms with van der Waals surface area (Å²) in [6, 6.07) is 5.65. The Kier molecular flexibility index (Phi) is 8.15. The van der Waals surface area contributed by atoms with Gasteiger partial charge in [0, 0.05) is 6.54 Å². The lowest BCUT2D eigenvalue weighted by Gasteiger charge is -2.07. The van der Waals surface area contributed by atoms with Gasteiger partial charge in [-0.3, -0.25) is 0 Å². The van der Waals surface area contributed by atoms with E-state index in [9.17, 15) is 5.11 Å².